The summed E-state index contributed by atoms with van der Waals surface area (Å²) in [5, 5.41) is 2.80. The number of nitrogens with zero attached hydrogens (tertiary/aromatic N) is 2. The van der Waals surface area contributed by atoms with Gasteiger partial charge in [0.25, 0.3) is 11.0 Å². The molecule has 2 atom stereocenters. The smallest absolute Gasteiger partial charge is 0.356 e. The van der Waals surface area contributed by atoms with Gasteiger partial charge in [-0.15, -0.1) is 0 Å². The van der Waals surface area contributed by atoms with E-state index >= 15 is 0 Å². The summed E-state index contributed by atoms with van der Waals surface area (Å²) in [6.07, 6.45) is -2.85. The minimum absolute atomic E-state index is 0.0268. The summed E-state index contributed by atoms with van der Waals surface area (Å²) in [7, 11) is -3.15. The van der Waals surface area contributed by atoms with Crippen molar-refractivity contribution >= 4 is 22.7 Å². The number of aromatic nitrogens is 1. The number of thiol groups is 1. The first-order chi connectivity index (χ1) is 16.8. The number of benzene rings is 1. The van der Waals surface area contributed by atoms with E-state index in [9.17, 15) is 26.4 Å². The average Bonchev–Trinajstić information content (AvgIpc) is 2.81. The van der Waals surface area contributed by atoms with Gasteiger partial charge in [-0.05, 0) is 49.8 Å². The molecule has 8 nitrogen and oxygen atoms in total. The van der Waals surface area contributed by atoms with Crippen LogP contribution >= 0.6 is 0 Å². The molecule has 1 aliphatic heterocycles. The molecule has 0 bridgehead atoms. The SMILES string of the molecule is CC1CCN(c2nc(C(F)(F)F)ccc2CNC(=O)C(C)c2ccc(C(C)(N)O[SH](=O)=O)cc2)CC1. The zero-order valence-corrected chi connectivity index (χ0v) is 21.2. The highest BCUT2D eigenvalue weighted by atomic mass is 32.2. The Morgan fingerprint density at radius 3 is 2.36 bits per heavy atom. The van der Waals surface area contributed by atoms with Crippen molar-refractivity contribution in [3.8, 4) is 0 Å². The number of halogens is 3. The van der Waals surface area contributed by atoms with E-state index in [1.807, 2.05) is 4.90 Å². The van der Waals surface area contributed by atoms with E-state index in [0.717, 1.165) is 18.9 Å². The maximum atomic E-state index is 13.3. The van der Waals surface area contributed by atoms with Gasteiger partial charge >= 0.3 is 6.18 Å². The van der Waals surface area contributed by atoms with Gasteiger partial charge in [-0.2, -0.15) is 13.2 Å². The van der Waals surface area contributed by atoms with Crippen LogP contribution in [0, 0.1) is 5.92 Å². The first kappa shape index (κ1) is 27.9. The van der Waals surface area contributed by atoms with Crippen molar-refractivity contribution in [3.63, 3.8) is 0 Å². The third-order valence-corrected chi connectivity index (χ3v) is 6.95. The standard InChI is InChI=1S/C24H31F3N4O4S/c1-15-10-12-31(13-11-15)21-18(6-9-20(30-21)24(25,26)27)14-29-22(32)16(2)17-4-7-19(8-5-17)23(3,28)35-36(33)34/h4-9,15-16,36H,10-14,28H2,1-3H3,(H,29,32). The Morgan fingerprint density at radius 2 is 1.81 bits per heavy atom. The third kappa shape index (κ3) is 6.95. The van der Waals surface area contributed by atoms with Crippen molar-refractivity contribution < 1.29 is 30.6 Å². The number of hydrogen-bond donors (Lipinski definition) is 3. The number of amides is 1. The molecule has 2 aromatic rings. The van der Waals surface area contributed by atoms with Crippen LogP contribution in [-0.2, 0) is 38.4 Å². The quantitative estimate of drug-likeness (QED) is 0.355. The largest absolute Gasteiger partial charge is 0.433 e. The monoisotopic (exact) mass is 528 g/mol. The van der Waals surface area contributed by atoms with E-state index in [1.165, 1.54) is 13.0 Å². The number of rotatable bonds is 8. The van der Waals surface area contributed by atoms with Crippen LogP contribution in [0.1, 0.15) is 61.9 Å². The summed E-state index contributed by atoms with van der Waals surface area (Å²) in [5.41, 5.74) is 4.96. The molecule has 1 fully saturated rings. The van der Waals surface area contributed by atoms with Crippen molar-refractivity contribution in [3.05, 3.63) is 58.8 Å². The highest BCUT2D eigenvalue weighted by Crippen LogP contribution is 2.32. The van der Waals surface area contributed by atoms with Crippen molar-refractivity contribution in [2.75, 3.05) is 18.0 Å². The molecule has 1 saturated heterocycles. The summed E-state index contributed by atoms with van der Waals surface area (Å²) in [6.45, 7) is 6.43. The molecule has 1 amide bonds. The molecule has 0 aliphatic carbocycles. The predicted octanol–water partition coefficient (Wildman–Crippen LogP) is 3.43. The number of nitrogens with two attached hydrogens (primary N) is 1. The van der Waals surface area contributed by atoms with Crippen LogP contribution in [0.2, 0.25) is 0 Å². The van der Waals surface area contributed by atoms with E-state index < -0.39 is 34.5 Å². The molecule has 1 aliphatic rings. The second-order valence-corrected chi connectivity index (χ2v) is 9.96. The van der Waals surface area contributed by atoms with Gasteiger partial charge in [0.15, 0.2) is 5.72 Å². The summed E-state index contributed by atoms with van der Waals surface area (Å²) in [6, 6.07) is 8.74. The van der Waals surface area contributed by atoms with Gasteiger partial charge in [-0.25, -0.2) is 17.6 Å². The Bertz CT molecular complexity index is 1140. The lowest BCUT2D eigenvalue weighted by Crippen LogP contribution is -2.36. The Hall–Kier alpha value is -2.70. The van der Waals surface area contributed by atoms with Gasteiger partial charge in [0.1, 0.15) is 11.5 Å². The molecular formula is C24H31F3N4O4S. The number of nitrogens with one attached hydrogen (secondary N) is 1. The zero-order valence-electron chi connectivity index (χ0n) is 20.3. The van der Waals surface area contributed by atoms with Crippen LogP contribution in [0.25, 0.3) is 0 Å². The maximum absolute atomic E-state index is 13.3. The summed E-state index contributed by atoms with van der Waals surface area (Å²) < 4.78 is 66.4. The van der Waals surface area contributed by atoms with Gasteiger partial charge in [0.05, 0.1) is 5.92 Å². The molecule has 0 spiro atoms. The lowest BCUT2D eigenvalue weighted by molar-refractivity contribution is -0.141. The fourth-order valence-corrected chi connectivity index (χ4v) is 4.48. The van der Waals surface area contributed by atoms with E-state index in [4.69, 9.17) is 9.92 Å². The molecule has 198 valence electrons. The minimum atomic E-state index is -4.56. The Balaban J connectivity index is 1.73. The maximum Gasteiger partial charge on any atom is 0.433 e. The van der Waals surface area contributed by atoms with E-state index in [1.54, 1.807) is 31.2 Å². The van der Waals surface area contributed by atoms with Crippen LogP contribution in [0.15, 0.2) is 36.4 Å². The number of piperidine rings is 1. The number of carbonyl (C=O) groups is 1. The lowest BCUT2D eigenvalue weighted by Gasteiger charge is -2.33. The first-order valence-electron chi connectivity index (χ1n) is 11.6. The van der Waals surface area contributed by atoms with Crippen molar-refractivity contribution in [1.29, 1.82) is 0 Å². The summed E-state index contributed by atoms with van der Waals surface area (Å²) in [4.78, 5) is 18.6. The lowest BCUT2D eigenvalue weighted by atomic mass is 9.96. The predicted molar refractivity (Wildman–Crippen MR) is 129 cm³/mol. The molecule has 2 unspecified atom stereocenters. The fourth-order valence-electron chi connectivity index (χ4n) is 4.06. The highest BCUT2D eigenvalue weighted by molar-refractivity contribution is 7.67. The van der Waals surface area contributed by atoms with Gasteiger partial charge in [0.2, 0.25) is 5.91 Å². The summed E-state index contributed by atoms with van der Waals surface area (Å²) >= 11 is 0. The number of anilines is 1. The second kappa shape index (κ2) is 11.1. The van der Waals surface area contributed by atoms with Crippen LogP contribution in [-0.4, -0.2) is 32.4 Å². The molecule has 2 heterocycles. The number of hydrogen-bond acceptors (Lipinski definition) is 7. The molecule has 1 aromatic heterocycles. The van der Waals surface area contributed by atoms with Gasteiger partial charge in [-0.1, -0.05) is 37.3 Å². The van der Waals surface area contributed by atoms with E-state index in [2.05, 4.69) is 17.2 Å². The molecule has 3 rings (SSSR count). The minimum Gasteiger partial charge on any atom is -0.356 e. The van der Waals surface area contributed by atoms with Crippen LogP contribution in [0.3, 0.4) is 0 Å². The number of alkyl halides is 3. The molecule has 1 aromatic carbocycles. The first-order valence-corrected chi connectivity index (χ1v) is 12.7. The molecule has 3 N–H and O–H groups in total. The third-order valence-electron chi connectivity index (χ3n) is 6.42. The zero-order chi connectivity index (χ0) is 26.7. The molecule has 36 heavy (non-hydrogen) atoms. The van der Waals surface area contributed by atoms with Crippen LogP contribution in [0.4, 0.5) is 19.0 Å². The van der Waals surface area contributed by atoms with E-state index in [0.29, 0.717) is 35.7 Å². The Labute approximate surface area is 210 Å². The number of carbonyl (C=O) groups excluding carboxylic acids is 1. The average molecular weight is 529 g/mol. The van der Waals surface area contributed by atoms with Crippen molar-refractivity contribution in [2.45, 2.75) is 58.0 Å². The number of pyridine rings is 1. The topological polar surface area (TPSA) is 115 Å². The molecule has 12 heteroatoms. The summed E-state index contributed by atoms with van der Waals surface area (Å²) in [5.74, 6) is -0.167. The van der Waals surface area contributed by atoms with E-state index in [-0.39, 0.29) is 18.3 Å². The van der Waals surface area contributed by atoms with Gasteiger partial charge in [0, 0.05) is 25.2 Å². The Kier molecular flexibility index (Phi) is 8.63. The Morgan fingerprint density at radius 1 is 1.19 bits per heavy atom. The van der Waals surface area contributed by atoms with Crippen LogP contribution in [0.5, 0.6) is 0 Å². The van der Waals surface area contributed by atoms with Crippen molar-refractivity contribution in [1.82, 2.24) is 10.3 Å². The molecular weight excluding hydrogens is 497 g/mol. The van der Waals surface area contributed by atoms with Crippen molar-refractivity contribution in [2.24, 2.45) is 11.7 Å². The molecule has 0 radical (unpaired) electrons. The molecule has 0 saturated carbocycles. The van der Waals surface area contributed by atoms with Gasteiger partial charge in [-0.3, -0.25) is 10.5 Å². The second-order valence-electron chi connectivity index (χ2n) is 9.33. The van der Waals surface area contributed by atoms with Crippen LogP contribution < -0.4 is 16.0 Å². The van der Waals surface area contributed by atoms with Gasteiger partial charge < -0.3 is 10.2 Å². The fraction of sp³-hybridized carbons (Fsp3) is 0.500. The highest BCUT2D eigenvalue weighted by Gasteiger charge is 2.34. The normalized spacial score (nSPS) is 17.6.